The van der Waals surface area contributed by atoms with Gasteiger partial charge in [-0.05, 0) is 64.4 Å². The molecule has 0 unspecified atom stereocenters. The maximum atomic E-state index is 14.6. The molecule has 5 rings (SSSR count). The van der Waals surface area contributed by atoms with E-state index in [-0.39, 0.29) is 40.6 Å². The second kappa shape index (κ2) is 10.0. The number of primary amides is 1. The fourth-order valence-corrected chi connectivity index (χ4v) is 5.80. The molecule has 198 valence electrons. The number of amides is 1. The highest BCUT2D eigenvalue weighted by Crippen LogP contribution is 2.38. The van der Waals surface area contributed by atoms with E-state index in [1.54, 1.807) is 6.20 Å². The van der Waals surface area contributed by atoms with Crippen molar-refractivity contribution < 1.29 is 18.7 Å². The molecule has 3 aromatic rings. The van der Waals surface area contributed by atoms with Crippen molar-refractivity contribution in [2.45, 2.75) is 76.0 Å². The summed E-state index contributed by atoms with van der Waals surface area (Å²) >= 11 is 6.14. The van der Waals surface area contributed by atoms with Gasteiger partial charge in [0.25, 0.3) is 0 Å². The minimum atomic E-state index is -0.848. The number of halogens is 3. The van der Waals surface area contributed by atoms with Crippen LogP contribution in [-0.2, 0) is 4.79 Å². The molecule has 37 heavy (non-hydrogen) atoms. The van der Waals surface area contributed by atoms with Gasteiger partial charge in [0.05, 0.1) is 22.5 Å². The molecule has 1 aromatic carbocycles. The van der Waals surface area contributed by atoms with Crippen LogP contribution >= 0.6 is 11.6 Å². The Balaban J connectivity index is 1.51. The summed E-state index contributed by atoms with van der Waals surface area (Å²) in [6, 6.07) is 1.70. The molecule has 2 saturated carbocycles. The van der Waals surface area contributed by atoms with Crippen molar-refractivity contribution >= 4 is 46.3 Å². The monoisotopic (exact) mass is 533 g/mol. The molecule has 0 bridgehead atoms. The molecule has 0 aliphatic heterocycles. The fourth-order valence-electron chi connectivity index (χ4n) is 5.56. The summed E-state index contributed by atoms with van der Waals surface area (Å²) in [5, 5.41) is 16.6. The Morgan fingerprint density at radius 3 is 2.65 bits per heavy atom. The highest BCUT2D eigenvalue weighted by Gasteiger charge is 2.32. The molecule has 2 aliphatic carbocycles. The van der Waals surface area contributed by atoms with Crippen LogP contribution in [0.4, 0.5) is 26.4 Å². The normalized spacial score (nSPS) is 26.2. The van der Waals surface area contributed by atoms with Crippen LogP contribution in [0.1, 0.15) is 64.3 Å². The number of carbonyl (C=O) groups is 1. The molecule has 0 spiro atoms. The second-order valence-electron chi connectivity index (χ2n) is 10.4. The van der Waals surface area contributed by atoms with Crippen molar-refractivity contribution in [3.8, 4) is 0 Å². The van der Waals surface area contributed by atoms with Crippen molar-refractivity contribution in [1.82, 2.24) is 19.5 Å². The summed E-state index contributed by atoms with van der Waals surface area (Å²) in [5.74, 6) is -1.45. The lowest BCUT2D eigenvalue weighted by molar-refractivity contribution is -0.122. The number of fused-ring (bicyclic) bond motifs is 1. The third kappa shape index (κ3) is 5.47. The average Bonchev–Trinajstić information content (AvgIpc) is 3.18. The van der Waals surface area contributed by atoms with Gasteiger partial charge in [-0.3, -0.25) is 9.36 Å². The number of hydrogen-bond donors (Lipinski definition) is 4. The number of hydrogen-bond acceptors (Lipinski definition) is 7. The van der Waals surface area contributed by atoms with Crippen LogP contribution in [0.25, 0.3) is 11.2 Å². The van der Waals surface area contributed by atoms with Gasteiger partial charge in [-0.1, -0.05) is 11.6 Å². The molecule has 0 saturated heterocycles. The first-order valence-corrected chi connectivity index (χ1v) is 12.9. The van der Waals surface area contributed by atoms with Gasteiger partial charge >= 0.3 is 0 Å². The highest BCUT2D eigenvalue weighted by molar-refractivity contribution is 6.33. The van der Waals surface area contributed by atoms with Crippen LogP contribution in [0, 0.1) is 17.6 Å². The number of nitrogens with zero attached hydrogens (tertiary/aromatic N) is 4. The fraction of sp³-hybridized carbons (Fsp3) is 0.520. The van der Waals surface area contributed by atoms with Crippen LogP contribution < -0.4 is 16.4 Å². The molecule has 9 nitrogen and oxygen atoms in total. The van der Waals surface area contributed by atoms with Crippen molar-refractivity contribution in [2.75, 3.05) is 10.6 Å². The van der Waals surface area contributed by atoms with Crippen molar-refractivity contribution in [1.29, 1.82) is 0 Å². The van der Waals surface area contributed by atoms with Crippen LogP contribution in [0.5, 0.6) is 0 Å². The second-order valence-corrected chi connectivity index (χ2v) is 10.8. The van der Waals surface area contributed by atoms with Gasteiger partial charge in [-0.25, -0.2) is 18.7 Å². The molecule has 2 aromatic heterocycles. The maximum absolute atomic E-state index is 14.6. The first kappa shape index (κ1) is 25.6. The van der Waals surface area contributed by atoms with E-state index in [9.17, 15) is 18.7 Å². The zero-order valence-corrected chi connectivity index (χ0v) is 21.2. The van der Waals surface area contributed by atoms with Gasteiger partial charge < -0.3 is 21.5 Å². The van der Waals surface area contributed by atoms with Gasteiger partial charge in [-0.15, -0.1) is 0 Å². The number of rotatable bonds is 6. The van der Waals surface area contributed by atoms with Gasteiger partial charge in [0.2, 0.25) is 17.8 Å². The molecule has 2 atom stereocenters. The molecule has 2 heterocycles. The van der Waals surface area contributed by atoms with Crippen LogP contribution in [0.15, 0.2) is 18.3 Å². The van der Waals surface area contributed by atoms with E-state index in [2.05, 4.69) is 20.6 Å². The zero-order valence-electron chi connectivity index (χ0n) is 20.5. The van der Waals surface area contributed by atoms with E-state index in [4.69, 9.17) is 22.3 Å². The maximum Gasteiger partial charge on any atom is 0.224 e. The SMILES string of the molecule is C[C@]1(O)CCC[C@@H](Nc2ncc3nc(Nc4c(F)cc(F)cc4Cl)n(C4CCC(C(N)=O)CC4)c3n2)C1. The molecular weight excluding hydrogens is 504 g/mol. The Morgan fingerprint density at radius 2 is 1.97 bits per heavy atom. The van der Waals surface area contributed by atoms with E-state index >= 15 is 0 Å². The molecule has 2 aliphatic rings. The lowest BCUT2D eigenvalue weighted by Gasteiger charge is -2.34. The topological polar surface area (TPSA) is 131 Å². The van der Waals surface area contributed by atoms with Crippen molar-refractivity contribution in [2.24, 2.45) is 11.7 Å². The average molecular weight is 534 g/mol. The summed E-state index contributed by atoms with van der Waals surface area (Å²) in [6.07, 6.45) is 7.22. The van der Waals surface area contributed by atoms with E-state index in [1.807, 2.05) is 11.5 Å². The van der Waals surface area contributed by atoms with E-state index in [1.165, 1.54) is 0 Å². The van der Waals surface area contributed by atoms with Gasteiger partial charge in [0.1, 0.15) is 11.3 Å². The molecule has 2 fully saturated rings. The third-order valence-corrected chi connectivity index (χ3v) is 7.73. The molecule has 12 heteroatoms. The predicted molar refractivity (Wildman–Crippen MR) is 137 cm³/mol. The Bertz CT molecular complexity index is 1300. The number of aromatic nitrogens is 4. The van der Waals surface area contributed by atoms with Crippen LogP contribution in [0.3, 0.4) is 0 Å². The van der Waals surface area contributed by atoms with Crippen LogP contribution in [-0.4, -0.2) is 42.2 Å². The van der Waals surface area contributed by atoms with E-state index in [0.29, 0.717) is 49.2 Å². The first-order chi connectivity index (χ1) is 17.6. The van der Waals surface area contributed by atoms with E-state index in [0.717, 1.165) is 31.4 Å². The largest absolute Gasteiger partial charge is 0.390 e. The van der Waals surface area contributed by atoms with Crippen molar-refractivity contribution in [3.63, 3.8) is 0 Å². The summed E-state index contributed by atoms with van der Waals surface area (Å²) in [7, 11) is 0. The van der Waals surface area contributed by atoms with E-state index < -0.39 is 17.2 Å². The summed E-state index contributed by atoms with van der Waals surface area (Å²) in [6.45, 7) is 1.83. The highest BCUT2D eigenvalue weighted by atomic mass is 35.5. The molecule has 1 amide bonds. The lowest BCUT2D eigenvalue weighted by Crippen LogP contribution is -2.38. The smallest absolute Gasteiger partial charge is 0.224 e. The minimum absolute atomic E-state index is 0.0216. The summed E-state index contributed by atoms with van der Waals surface area (Å²) < 4.78 is 30.1. The summed E-state index contributed by atoms with van der Waals surface area (Å²) in [4.78, 5) is 25.5. The Labute approximate surface area is 217 Å². The number of benzene rings is 1. The first-order valence-electron chi connectivity index (χ1n) is 12.5. The van der Waals surface area contributed by atoms with Crippen molar-refractivity contribution in [3.05, 3.63) is 35.0 Å². The summed E-state index contributed by atoms with van der Waals surface area (Å²) in [5.41, 5.74) is 5.70. The number of nitrogens with two attached hydrogens (primary N) is 1. The molecule has 0 radical (unpaired) electrons. The Hall–Kier alpha value is -3.05. The zero-order chi connectivity index (χ0) is 26.3. The minimum Gasteiger partial charge on any atom is -0.390 e. The Kier molecular flexibility index (Phi) is 6.93. The van der Waals surface area contributed by atoms with Crippen LogP contribution in [0.2, 0.25) is 5.02 Å². The quantitative estimate of drug-likeness (QED) is 0.357. The number of anilines is 3. The molecule has 5 N–H and O–H groups in total. The van der Waals surface area contributed by atoms with Gasteiger partial charge in [-0.2, -0.15) is 4.98 Å². The predicted octanol–water partition coefficient (Wildman–Crippen LogP) is 4.82. The number of imidazole rings is 1. The Morgan fingerprint density at radius 1 is 1.22 bits per heavy atom. The lowest BCUT2D eigenvalue weighted by atomic mass is 9.83. The number of nitrogens with one attached hydrogen (secondary N) is 2. The van der Waals surface area contributed by atoms with Gasteiger partial charge in [0, 0.05) is 24.1 Å². The number of carbonyl (C=O) groups excluding carboxylic acids is 1. The number of aliphatic hydroxyl groups is 1. The molecular formula is C25H30ClF2N7O2. The third-order valence-electron chi connectivity index (χ3n) is 7.43. The van der Waals surface area contributed by atoms with Gasteiger partial charge in [0.15, 0.2) is 11.5 Å². The standard InChI is InChI=1S/C25H30ClF2N7O2/c1-25(37)8-2-3-15(11-25)31-23-30-12-19-22(34-23)35(16-6-4-13(5-7-16)21(29)36)24(32-19)33-20-17(26)9-14(27)10-18(20)28/h9-10,12-13,15-16,37H,2-8,11H2,1H3,(H2,29,36)(H,32,33)(H,30,31,34)/t13?,15-,16?,25+/m1/s1.